The number of rotatable bonds is 8. The van der Waals surface area contributed by atoms with E-state index in [1.165, 1.54) is 66.2 Å². The fourth-order valence-electron chi connectivity index (χ4n) is 12.0. The third kappa shape index (κ3) is 6.28. The third-order valence-corrected chi connectivity index (χ3v) is 14.9. The van der Waals surface area contributed by atoms with Gasteiger partial charge < -0.3 is 9.32 Å². The van der Waals surface area contributed by atoms with Crippen LogP contribution in [0.1, 0.15) is 22.3 Å². The van der Waals surface area contributed by atoms with E-state index in [1.807, 2.05) is 6.07 Å². The van der Waals surface area contributed by atoms with Crippen molar-refractivity contribution in [1.82, 2.24) is 0 Å². The van der Waals surface area contributed by atoms with E-state index in [2.05, 4.69) is 272 Å². The normalized spacial score (nSPS) is 12.6. The van der Waals surface area contributed by atoms with Crippen molar-refractivity contribution in [2.75, 3.05) is 4.90 Å². The zero-order valence-corrected chi connectivity index (χ0v) is 38.8. The molecule has 1 heterocycles. The average Bonchev–Trinajstić information content (AvgIpc) is 3.99. The molecule has 1 aromatic heterocycles. The van der Waals surface area contributed by atoms with Crippen molar-refractivity contribution < 1.29 is 4.42 Å². The van der Waals surface area contributed by atoms with Crippen molar-refractivity contribution in [3.8, 4) is 44.5 Å². The van der Waals surface area contributed by atoms with Gasteiger partial charge in [-0.2, -0.15) is 0 Å². The lowest BCUT2D eigenvalue weighted by Crippen LogP contribution is -2.28. The van der Waals surface area contributed by atoms with Crippen LogP contribution in [0.3, 0.4) is 0 Å². The van der Waals surface area contributed by atoms with Crippen molar-refractivity contribution in [2.24, 2.45) is 0 Å². The van der Waals surface area contributed by atoms with Gasteiger partial charge in [0.15, 0.2) is 0 Å². The minimum absolute atomic E-state index is 0.590. The Bertz CT molecular complexity index is 4130. The van der Waals surface area contributed by atoms with Gasteiger partial charge in [-0.1, -0.05) is 243 Å². The summed E-state index contributed by atoms with van der Waals surface area (Å²) in [4.78, 5) is 2.59. The molecular formula is C69H45NO. The fraction of sp³-hybridized carbons (Fsp3) is 0.0145. The molecule has 0 radical (unpaired) electrons. The molecule has 0 spiro atoms. The molecule has 0 N–H and O–H groups in total. The number of nitrogens with zero attached hydrogens (tertiary/aromatic N) is 1. The monoisotopic (exact) mass is 903 g/mol. The quantitative estimate of drug-likeness (QED) is 0.141. The number of hydrogen-bond donors (Lipinski definition) is 0. The second-order valence-electron chi connectivity index (χ2n) is 18.7. The zero-order chi connectivity index (χ0) is 46.9. The molecule has 2 heteroatoms. The molecule has 0 saturated carbocycles. The lowest BCUT2D eigenvalue weighted by atomic mass is 9.68. The van der Waals surface area contributed by atoms with Crippen molar-refractivity contribution in [2.45, 2.75) is 5.41 Å². The highest BCUT2D eigenvalue weighted by Gasteiger charge is 2.47. The molecule has 1 aliphatic carbocycles. The zero-order valence-electron chi connectivity index (χ0n) is 38.8. The van der Waals surface area contributed by atoms with Gasteiger partial charge in [-0.15, -0.1) is 0 Å². The van der Waals surface area contributed by atoms with E-state index in [-0.39, 0.29) is 0 Å². The van der Waals surface area contributed by atoms with Gasteiger partial charge in [-0.05, 0) is 96.6 Å². The summed E-state index contributed by atoms with van der Waals surface area (Å²) >= 11 is 0. The van der Waals surface area contributed by atoms with Crippen molar-refractivity contribution in [3.63, 3.8) is 0 Å². The standard InChI is InChI=1S/C69H45NO/c1-4-22-46(23-5-1)47-24-18-26-49(44-47)65-57-35-12-10-32-54(57)55-33-11-13-36-58(55)67(65)70(52-31-19-25-48(45-52)53-38-20-39-59-56-34-15-17-43-64(56)71-68(53)59)63-42-21-41-62-66(63)60-37-14-16-40-61(60)69(62,50-27-6-2-7-28-50)51-29-8-3-9-30-51/h1-45H. The molecule has 332 valence electrons. The summed E-state index contributed by atoms with van der Waals surface area (Å²) in [7, 11) is 0. The molecule has 0 unspecified atom stereocenters. The highest BCUT2D eigenvalue weighted by Crippen LogP contribution is 2.61. The number of hydrogen-bond acceptors (Lipinski definition) is 2. The Kier molecular flexibility index (Phi) is 9.47. The molecule has 0 amide bonds. The predicted octanol–water partition coefficient (Wildman–Crippen LogP) is 18.7. The molecule has 0 atom stereocenters. The summed E-state index contributed by atoms with van der Waals surface area (Å²) in [5, 5.41) is 6.99. The van der Waals surface area contributed by atoms with Crippen LogP contribution in [0.15, 0.2) is 277 Å². The van der Waals surface area contributed by atoms with Crippen LogP contribution in [0.4, 0.5) is 17.1 Å². The summed E-state index contributed by atoms with van der Waals surface area (Å²) < 4.78 is 6.73. The Morgan fingerprint density at radius 1 is 0.310 bits per heavy atom. The Labute approximate surface area is 413 Å². The lowest BCUT2D eigenvalue weighted by molar-refractivity contribution is 0.670. The molecule has 0 fully saturated rings. The first-order chi connectivity index (χ1) is 35.3. The molecule has 71 heavy (non-hydrogen) atoms. The van der Waals surface area contributed by atoms with Crippen LogP contribution in [0.25, 0.3) is 88.0 Å². The first-order valence-corrected chi connectivity index (χ1v) is 24.5. The minimum Gasteiger partial charge on any atom is -0.455 e. The van der Waals surface area contributed by atoms with Crippen molar-refractivity contribution in [3.05, 3.63) is 295 Å². The molecule has 14 rings (SSSR count). The number of benzene rings is 12. The molecule has 13 aromatic rings. The van der Waals surface area contributed by atoms with E-state index in [1.54, 1.807) is 0 Å². The predicted molar refractivity (Wildman–Crippen MR) is 297 cm³/mol. The van der Waals surface area contributed by atoms with Gasteiger partial charge in [0, 0.05) is 38.5 Å². The Hall–Kier alpha value is -9.24. The average molecular weight is 904 g/mol. The highest BCUT2D eigenvalue weighted by atomic mass is 16.3. The topological polar surface area (TPSA) is 16.4 Å². The van der Waals surface area contributed by atoms with Crippen molar-refractivity contribution in [1.29, 1.82) is 0 Å². The summed E-state index contributed by atoms with van der Waals surface area (Å²) in [5.41, 5.74) is 18.6. The third-order valence-electron chi connectivity index (χ3n) is 14.9. The van der Waals surface area contributed by atoms with E-state index in [9.17, 15) is 0 Å². The summed E-state index contributed by atoms with van der Waals surface area (Å²) in [6.45, 7) is 0. The van der Waals surface area contributed by atoms with E-state index >= 15 is 0 Å². The Morgan fingerprint density at radius 3 is 1.61 bits per heavy atom. The first kappa shape index (κ1) is 40.8. The maximum Gasteiger partial charge on any atom is 0.143 e. The molecule has 0 aliphatic heterocycles. The van der Waals surface area contributed by atoms with Crippen LogP contribution in [0.5, 0.6) is 0 Å². The van der Waals surface area contributed by atoms with Gasteiger partial charge >= 0.3 is 0 Å². The molecule has 1 aliphatic rings. The van der Waals surface area contributed by atoms with Gasteiger partial charge in [-0.25, -0.2) is 0 Å². The SMILES string of the molecule is c1ccc(-c2cccc(-c3c(N(c4cccc(-c5cccc6c5oc5ccccc56)c4)c4cccc5c4-c4ccccc4C5(c4ccccc4)c4ccccc4)c4ccccc4c4ccccc34)c2)cc1. The van der Waals surface area contributed by atoms with Gasteiger partial charge in [0.2, 0.25) is 0 Å². The number of para-hydroxylation sites is 2. The second-order valence-corrected chi connectivity index (χ2v) is 18.7. The summed E-state index contributed by atoms with van der Waals surface area (Å²) in [5.74, 6) is 0. The molecular weight excluding hydrogens is 859 g/mol. The van der Waals surface area contributed by atoms with Gasteiger partial charge in [0.25, 0.3) is 0 Å². The lowest BCUT2D eigenvalue weighted by Gasteiger charge is -2.35. The summed E-state index contributed by atoms with van der Waals surface area (Å²) in [6.07, 6.45) is 0. The maximum atomic E-state index is 6.73. The fourth-order valence-corrected chi connectivity index (χ4v) is 12.0. The number of fused-ring (bicyclic) bond motifs is 9. The first-order valence-electron chi connectivity index (χ1n) is 24.5. The second kappa shape index (κ2) is 16.5. The molecule has 0 bridgehead atoms. The van der Waals surface area contributed by atoms with Gasteiger partial charge in [0.1, 0.15) is 11.2 Å². The Morgan fingerprint density at radius 2 is 0.831 bits per heavy atom. The van der Waals surface area contributed by atoms with Crippen LogP contribution >= 0.6 is 0 Å². The number of anilines is 3. The van der Waals surface area contributed by atoms with E-state index in [4.69, 9.17) is 4.42 Å². The largest absolute Gasteiger partial charge is 0.455 e. The minimum atomic E-state index is -0.590. The van der Waals surface area contributed by atoms with E-state index < -0.39 is 5.41 Å². The molecule has 0 saturated heterocycles. The molecule has 12 aromatic carbocycles. The molecule has 2 nitrogen and oxygen atoms in total. The van der Waals surface area contributed by atoms with Gasteiger partial charge in [-0.3, -0.25) is 0 Å². The van der Waals surface area contributed by atoms with E-state index in [0.717, 1.165) is 61.1 Å². The van der Waals surface area contributed by atoms with Crippen LogP contribution in [-0.4, -0.2) is 0 Å². The van der Waals surface area contributed by atoms with Crippen LogP contribution in [0.2, 0.25) is 0 Å². The number of furan rings is 1. The summed E-state index contributed by atoms with van der Waals surface area (Å²) in [6, 6.07) is 100. The highest BCUT2D eigenvalue weighted by molar-refractivity contribution is 6.23. The van der Waals surface area contributed by atoms with Crippen LogP contribution in [0, 0.1) is 0 Å². The smallest absolute Gasteiger partial charge is 0.143 e. The van der Waals surface area contributed by atoms with Gasteiger partial charge in [0.05, 0.1) is 16.8 Å². The van der Waals surface area contributed by atoms with Crippen molar-refractivity contribution >= 4 is 60.5 Å². The van der Waals surface area contributed by atoms with Crippen LogP contribution < -0.4 is 4.90 Å². The van der Waals surface area contributed by atoms with E-state index in [0.29, 0.717) is 0 Å². The van der Waals surface area contributed by atoms with Crippen LogP contribution in [-0.2, 0) is 5.41 Å². The Balaban J connectivity index is 1.13. The maximum absolute atomic E-state index is 6.73.